The molecule has 2 heteroatoms. The topological polar surface area (TPSA) is 38.0 Å². The summed E-state index contributed by atoms with van der Waals surface area (Å²) in [4.78, 5) is 0. The molecule has 0 aromatic carbocycles. The number of nitrogens with one attached hydrogen (secondary N) is 1. The van der Waals surface area contributed by atoms with E-state index in [0.717, 1.165) is 12.0 Å². The minimum Gasteiger partial charge on any atom is -0.328 e. The molecule has 0 amide bonds. The van der Waals surface area contributed by atoms with E-state index in [2.05, 4.69) is 5.32 Å². The molecule has 3 N–H and O–H groups in total. The zero-order valence-corrected chi connectivity index (χ0v) is 9.88. The van der Waals surface area contributed by atoms with Gasteiger partial charge in [-0.3, -0.25) is 0 Å². The Morgan fingerprint density at radius 2 is 1.73 bits per heavy atom. The van der Waals surface area contributed by atoms with Crippen molar-refractivity contribution in [1.29, 1.82) is 0 Å². The maximum atomic E-state index is 6.01. The van der Waals surface area contributed by atoms with Gasteiger partial charge in [-0.1, -0.05) is 25.7 Å². The summed E-state index contributed by atoms with van der Waals surface area (Å²) in [5.74, 6) is 0.857. The van der Waals surface area contributed by atoms with Crippen molar-refractivity contribution in [3.05, 3.63) is 0 Å². The highest BCUT2D eigenvalue weighted by atomic mass is 14.9. The van der Waals surface area contributed by atoms with Crippen LogP contribution in [0.15, 0.2) is 0 Å². The van der Waals surface area contributed by atoms with Gasteiger partial charge in [-0.25, -0.2) is 0 Å². The van der Waals surface area contributed by atoms with E-state index < -0.39 is 0 Å². The molecule has 2 atom stereocenters. The van der Waals surface area contributed by atoms with Crippen molar-refractivity contribution in [1.82, 2.24) is 5.32 Å². The summed E-state index contributed by atoms with van der Waals surface area (Å²) in [5.41, 5.74) is 6.01. The van der Waals surface area contributed by atoms with Gasteiger partial charge in [-0.2, -0.15) is 0 Å². The van der Waals surface area contributed by atoms with Crippen molar-refractivity contribution in [2.45, 2.75) is 69.9 Å². The van der Waals surface area contributed by atoms with Crippen LogP contribution in [0.5, 0.6) is 0 Å². The van der Waals surface area contributed by atoms with Crippen LogP contribution in [-0.4, -0.2) is 18.6 Å². The number of hydrogen-bond acceptors (Lipinski definition) is 2. The predicted molar refractivity (Wildman–Crippen MR) is 64.8 cm³/mol. The highest BCUT2D eigenvalue weighted by Crippen LogP contribution is 2.23. The maximum absolute atomic E-state index is 6.01. The summed E-state index contributed by atoms with van der Waals surface area (Å²) in [6.45, 7) is 1.22. The SMILES string of the molecule is NC1CCCC(CNC2CCCCC2)C1. The van der Waals surface area contributed by atoms with Crippen molar-refractivity contribution >= 4 is 0 Å². The molecule has 2 fully saturated rings. The number of nitrogens with two attached hydrogens (primary N) is 1. The molecule has 2 unspecified atom stereocenters. The lowest BCUT2D eigenvalue weighted by molar-refractivity contribution is 0.282. The van der Waals surface area contributed by atoms with Gasteiger partial charge in [0.25, 0.3) is 0 Å². The average molecular weight is 210 g/mol. The molecule has 0 heterocycles. The first kappa shape index (κ1) is 11.4. The Morgan fingerprint density at radius 3 is 2.47 bits per heavy atom. The third kappa shape index (κ3) is 3.76. The standard InChI is InChI=1S/C13H26N2/c14-12-6-4-5-11(9-12)10-15-13-7-2-1-3-8-13/h11-13,15H,1-10,14H2. The van der Waals surface area contributed by atoms with E-state index in [9.17, 15) is 0 Å². The molecule has 0 aromatic rings. The number of hydrogen-bond donors (Lipinski definition) is 2. The highest BCUT2D eigenvalue weighted by molar-refractivity contribution is 4.79. The van der Waals surface area contributed by atoms with E-state index in [1.807, 2.05) is 0 Å². The van der Waals surface area contributed by atoms with Gasteiger partial charge in [0.15, 0.2) is 0 Å². The second-order valence-corrected chi connectivity index (χ2v) is 5.54. The summed E-state index contributed by atoms with van der Waals surface area (Å²) in [6.07, 6.45) is 12.4. The van der Waals surface area contributed by atoms with Crippen molar-refractivity contribution in [3.8, 4) is 0 Å². The van der Waals surface area contributed by atoms with Gasteiger partial charge < -0.3 is 11.1 Å². The molecule has 0 radical (unpaired) electrons. The van der Waals surface area contributed by atoms with Gasteiger partial charge in [0.2, 0.25) is 0 Å². The van der Waals surface area contributed by atoms with Gasteiger partial charge >= 0.3 is 0 Å². The van der Waals surface area contributed by atoms with Crippen LogP contribution in [0, 0.1) is 5.92 Å². The zero-order chi connectivity index (χ0) is 10.5. The normalized spacial score (nSPS) is 34.2. The Balaban J connectivity index is 1.63. The third-order valence-electron chi connectivity index (χ3n) is 4.12. The van der Waals surface area contributed by atoms with E-state index in [1.54, 1.807) is 0 Å². The second-order valence-electron chi connectivity index (χ2n) is 5.54. The van der Waals surface area contributed by atoms with Gasteiger partial charge in [0.1, 0.15) is 0 Å². The molecule has 2 nitrogen and oxygen atoms in total. The zero-order valence-electron chi connectivity index (χ0n) is 9.88. The maximum Gasteiger partial charge on any atom is 0.00671 e. The molecule has 2 aliphatic carbocycles. The number of rotatable bonds is 3. The van der Waals surface area contributed by atoms with Crippen molar-refractivity contribution in [3.63, 3.8) is 0 Å². The first-order valence-corrected chi connectivity index (χ1v) is 6.83. The van der Waals surface area contributed by atoms with Crippen LogP contribution in [0.25, 0.3) is 0 Å². The van der Waals surface area contributed by atoms with E-state index in [-0.39, 0.29) is 0 Å². The van der Waals surface area contributed by atoms with Crippen LogP contribution >= 0.6 is 0 Å². The summed E-state index contributed by atoms with van der Waals surface area (Å²) in [7, 11) is 0. The minimum atomic E-state index is 0.483. The van der Waals surface area contributed by atoms with Crippen LogP contribution < -0.4 is 11.1 Å². The van der Waals surface area contributed by atoms with Crippen LogP contribution in [0.3, 0.4) is 0 Å². The molecular formula is C13H26N2. The van der Waals surface area contributed by atoms with Crippen molar-refractivity contribution in [2.24, 2.45) is 11.7 Å². The Kier molecular flexibility index (Phi) is 4.45. The fourth-order valence-electron chi connectivity index (χ4n) is 3.16. The van der Waals surface area contributed by atoms with E-state index in [0.29, 0.717) is 6.04 Å². The van der Waals surface area contributed by atoms with E-state index >= 15 is 0 Å². The molecule has 15 heavy (non-hydrogen) atoms. The lowest BCUT2D eigenvalue weighted by Crippen LogP contribution is -2.38. The van der Waals surface area contributed by atoms with Crippen molar-refractivity contribution in [2.75, 3.05) is 6.54 Å². The fourth-order valence-corrected chi connectivity index (χ4v) is 3.16. The Labute approximate surface area is 94.0 Å². The minimum absolute atomic E-state index is 0.483. The third-order valence-corrected chi connectivity index (χ3v) is 4.12. The van der Waals surface area contributed by atoms with Crippen LogP contribution in [0.1, 0.15) is 57.8 Å². The van der Waals surface area contributed by atoms with E-state index in [1.165, 1.54) is 64.3 Å². The van der Waals surface area contributed by atoms with Gasteiger partial charge in [0, 0.05) is 12.1 Å². The fraction of sp³-hybridized carbons (Fsp3) is 1.00. The van der Waals surface area contributed by atoms with Gasteiger partial charge in [-0.15, -0.1) is 0 Å². The highest BCUT2D eigenvalue weighted by Gasteiger charge is 2.20. The molecule has 0 spiro atoms. The molecule has 2 aliphatic rings. The largest absolute Gasteiger partial charge is 0.328 e. The van der Waals surface area contributed by atoms with Gasteiger partial charge in [-0.05, 0) is 44.6 Å². The molecule has 88 valence electrons. The van der Waals surface area contributed by atoms with E-state index in [4.69, 9.17) is 5.73 Å². The lowest BCUT2D eigenvalue weighted by Gasteiger charge is -2.30. The first-order chi connectivity index (χ1) is 7.34. The predicted octanol–water partition coefficient (Wildman–Crippen LogP) is 2.43. The molecule has 0 aliphatic heterocycles. The van der Waals surface area contributed by atoms with Crippen LogP contribution in [0.4, 0.5) is 0 Å². The van der Waals surface area contributed by atoms with Crippen molar-refractivity contribution < 1.29 is 0 Å². The summed E-state index contributed by atoms with van der Waals surface area (Å²) >= 11 is 0. The van der Waals surface area contributed by atoms with Crippen LogP contribution in [0.2, 0.25) is 0 Å². The Bertz CT molecular complexity index is 175. The molecule has 2 rings (SSSR count). The lowest BCUT2D eigenvalue weighted by atomic mass is 9.85. The monoisotopic (exact) mass is 210 g/mol. The molecule has 0 bridgehead atoms. The van der Waals surface area contributed by atoms with Crippen LogP contribution in [-0.2, 0) is 0 Å². The summed E-state index contributed by atoms with van der Waals surface area (Å²) in [6, 6.07) is 1.30. The van der Waals surface area contributed by atoms with Gasteiger partial charge in [0.05, 0.1) is 0 Å². The first-order valence-electron chi connectivity index (χ1n) is 6.83. The molecule has 0 aromatic heterocycles. The Hall–Kier alpha value is -0.0800. The smallest absolute Gasteiger partial charge is 0.00671 e. The molecule has 2 saturated carbocycles. The summed E-state index contributed by atoms with van der Waals surface area (Å²) in [5, 5.41) is 3.76. The average Bonchev–Trinajstić information content (AvgIpc) is 2.28. The molecular weight excluding hydrogens is 184 g/mol. The Morgan fingerprint density at radius 1 is 0.933 bits per heavy atom. The second kappa shape index (κ2) is 5.86. The summed E-state index contributed by atoms with van der Waals surface area (Å²) < 4.78 is 0. The molecule has 0 saturated heterocycles. The quantitative estimate of drug-likeness (QED) is 0.751.